The third kappa shape index (κ3) is 7.12. The normalized spacial score (nSPS) is 13.9. The molecule has 5 nitrogen and oxygen atoms in total. The third-order valence-corrected chi connectivity index (χ3v) is 5.59. The summed E-state index contributed by atoms with van der Waals surface area (Å²) in [7, 11) is -0.691. The van der Waals surface area contributed by atoms with Crippen LogP contribution in [0.3, 0.4) is 0 Å². The van der Waals surface area contributed by atoms with Gasteiger partial charge in [0.05, 0.1) is 13.2 Å². The van der Waals surface area contributed by atoms with E-state index in [9.17, 15) is 0 Å². The predicted octanol–water partition coefficient (Wildman–Crippen LogP) is 0.863. The Morgan fingerprint density at radius 3 is 2.18 bits per heavy atom. The second-order valence-electron chi connectivity index (χ2n) is 3.99. The number of nitrogens with one attached hydrogen (secondary N) is 1. The number of aliphatic hydroxyl groups excluding tert-OH is 1. The zero-order chi connectivity index (χ0) is 13.1. The van der Waals surface area contributed by atoms with Gasteiger partial charge in [0, 0.05) is 19.3 Å². The molecule has 0 rings (SSSR count). The summed E-state index contributed by atoms with van der Waals surface area (Å²) in [5, 5.41) is 12.0. The molecule has 0 aromatic rings. The molecule has 17 heavy (non-hydrogen) atoms. The molecule has 0 fully saturated rings. The molecule has 2 N–H and O–H groups in total. The average molecular weight is 265 g/mol. The molecule has 0 radical (unpaired) electrons. The lowest BCUT2D eigenvalue weighted by Gasteiger charge is -2.30. The SMILES string of the molecule is CCO[Si](CC(C)CNC)(OCC)OCCO. The highest BCUT2D eigenvalue weighted by Gasteiger charge is 2.41. The van der Waals surface area contributed by atoms with Crippen LogP contribution in [-0.2, 0) is 13.3 Å². The maximum absolute atomic E-state index is 8.88. The summed E-state index contributed by atoms with van der Waals surface area (Å²) in [6, 6.07) is 0.773. The lowest BCUT2D eigenvalue weighted by molar-refractivity contribution is 0.0503. The maximum atomic E-state index is 8.88. The van der Waals surface area contributed by atoms with Crippen molar-refractivity contribution in [2.75, 3.05) is 40.0 Å². The predicted molar refractivity (Wildman–Crippen MR) is 69.9 cm³/mol. The van der Waals surface area contributed by atoms with E-state index < -0.39 is 8.80 Å². The minimum Gasteiger partial charge on any atom is -0.394 e. The fourth-order valence-corrected chi connectivity index (χ4v) is 4.67. The Labute approximate surface area is 106 Å². The van der Waals surface area contributed by atoms with Gasteiger partial charge >= 0.3 is 8.80 Å². The lowest BCUT2D eigenvalue weighted by atomic mass is 10.2. The van der Waals surface area contributed by atoms with E-state index in [1.807, 2.05) is 20.9 Å². The van der Waals surface area contributed by atoms with Crippen LogP contribution in [0.25, 0.3) is 0 Å². The number of rotatable bonds is 11. The van der Waals surface area contributed by atoms with Crippen molar-refractivity contribution in [3.8, 4) is 0 Å². The average Bonchev–Trinajstić information content (AvgIpc) is 2.27. The highest BCUT2D eigenvalue weighted by Crippen LogP contribution is 2.21. The molecule has 0 heterocycles. The van der Waals surface area contributed by atoms with Gasteiger partial charge in [-0.25, -0.2) is 0 Å². The highest BCUT2D eigenvalue weighted by atomic mass is 28.4. The first-order valence-corrected chi connectivity index (χ1v) is 8.24. The smallest absolute Gasteiger partial charge is 0.394 e. The maximum Gasteiger partial charge on any atom is 0.501 e. The molecule has 104 valence electrons. The van der Waals surface area contributed by atoms with E-state index in [2.05, 4.69) is 12.2 Å². The molecule has 6 heteroatoms. The molecule has 0 spiro atoms. The minimum atomic E-state index is -2.62. The van der Waals surface area contributed by atoms with E-state index in [-0.39, 0.29) is 13.2 Å². The molecule has 0 saturated carbocycles. The standard InChI is InChI=1S/C11H27NO4Si/c1-5-14-17(15-6-2,16-8-7-13)10-11(3)9-12-4/h11-13H,5-10H2,1-4H3. The van der Waals surface area contributed by atoms with E-state index in [1.54, 1.807) is 0 Å². The fraction of sp³-hybridized carbons (Fsp3) is 1.00. The van der Waals surface area contributed by atoms with E-state index >= 15 is 0 Å². The second-order valence-corrected chi connectivity index (χ2v) is 6.63. The Hall–Kier alpha value is 0.0169. The number of hydrogen-bond acceptors (Lipinski definition) is 5. The van der Waals surface area contributed by atoms with E-state index in [0.29, 0.717) is 19.1 Å². The van der Waals surface area contributed by atoms with Crippen LogP contribution in [0, 0.1) is 5.92 Å². The van der Waals surface area contributed by atoms with Gasteiger partial charge in [-0.1, -0.05) is 6.92 Å². The number of aliphatic hydroxyl groups is 1. The Morgan fingerprint density at radius 2 is 1.76 bits per heavy atom. The van der Waals surface area contributed by atoms with Gasteiger partial charge in [0.15, 0.2) is 0 Å². The van der Waals surface area contributed by atoms with Crippen molar-refractivity contribution in [3.63, 3.8) is 0 Å². The van der Waals surface area contributed by atoms with Crippen molar-refractivity contribution in [2.24, 2.45) is 5.92 Å². The summed E-state index contributed by atoms with van der Waals surface area (Å²) in [5.41, 5.74) is 0. The first kappa shape index (κ1) is 17.0. The molecule has 0 aromatic heterocycles. The van der Waals surface area contributed by atoms with Gasteiger partial charge in [-0.15, -0.1) is 0 Å². The van der Waals surface area contributed by atoms with Crippen molar-refractivity contribution in [1.82, 2.24) is 5.32 Å². The Balaban J connectivity index is 4.50. The van der Waals surface area contributed by atoms with Gasteiger partial charge in [0.1, 0.15) is 0 Å². The Morgan fingerprint density at radius 1 is 1.18 bits per heavy atom. The van der Waals surface area contributed by atoms with Gasteiger partial charge in [-0.3, -0.25) is 0 Å². The van der Waals surface area contributed by atoms with Crippen molar-refractivity contribution >= 4 is 8.80 Å². The van der Waals surface area contributed by atoms with Crippen molar-refractivity contribution < 1.29 is 18.4 Å². The molecular formula is C11H27NO4Si. The Kier molecular flexibility index (Phi) is 10.00. The molecule has 0 saturated heterocycles. The van der Waals surface area contributed by atoms with Crippen molar-refractivity contribution in [3.05, 3.63) is 0 Å². The van der Waals surface area contributed by atoms with E-state index in [4.69, 9.17) is 18.4 Å². The number of hydrogen-bond donors (Lipinski definition) is 2. The summed E-state index contributed by atoms with van der Waals surface area (Å²) in [6.07, 6.45) is 0. The molecule has 0 aliphatic rings. The zero-order valence-corrected chi connectivity index (χ0v) is 12.5. The van der Waals surface area contributed by atoms with Crippen LogP contribution in [0.1, 0.15) is 20.8 Å². The van der Waals surface area contributed by atoms with Crippen LogP contribution in [0.15, 0.2) is 0 Å². The van der Waals surface area contributed by atoms with Crippen LogP contribution in [0.2, 0.25) is 6.04 Å². The molecule has 0 bridgehead atoms. The van der Waals surface area contributed by atoms with Gasteiger partial charge < -0.3 is 23.7 Å². The topological polar surface area (TPSA) is 60.0 Å². The van der Waals surface area contributed by atoms with Crippen molar-refractivity contribution in [2.45, 2.75) is 26.8 Å². The second kappa shape index (κ2) is 9.99. The van der Waals surface area contributed by atoms with E-state index in [0.717, 1.165) is 12.6 Å². The third-order valence-electron chi connectivity index (χ3n) is 2.29. The zero-order valence-electron chi connectivity index (χ0n) is 11.5. The van der Waals surface area contributed by atoms with Crippen LogP contribution in [0.4, 0.5) is 0 Å². The summed E-state index contributed by atoms with van der Waals surface area (Å²) in [4.78, 5) is 0. The summed E-state index contributed by atoms with van der Waals surface area (Å²) in [6.45, 7) is 8.33. The van der Waals surface area contributed by atoms with E-state index in [1.165, 1.54) is 0 Å². The van der Waals surface area contributed by atoms with Gasteiger partial charge in [0.2, 0.25) is 0 Å². The van der Waals surface area contributed by atoms with Crippen LogP contribution in [-0.4, -0.2) is 53.9 Å². The fourth-order valence-electron chi connectivity index (χ4n) is 1.79. The molecule has 1 unspecified atom stereocenters. The monoisotopic (exact) mass is 265 g/mol. The largest absolute Gasteiger partial charge is 0.501 e. The first-order valence-electron chi connectivity index (χ1n) is 6.31. The van der Waals surface area contributed by atoms with Gasteiger partial charge in [0.25, 0.3) is 0 Å². The van der Waals surface area contributed by atoms with Crippen LogP contribution in [0.5, 0.6) is 0 Å². The van der Waals surface area contributed by atoms with Gasteiger partial charge in [-0.2, -0.15) is 0 Å². The molecule has 1 atom stereocenters. The summed E-state index contributed by atoms with van der Waals surface area (Å²) < 4.78 is 17.2. The lowest BCUT2D eigenvalue weighted by Crippen LogP contribution is -2.48. The van der Waals surface area contributed by atoms with Crippen LogP contribution >= 0.6 is 0 Å². The molecular weight excluding hydrogens is 238 g/mol. The molecule has 0 amide bonds. The highest BCUT2D eigenvalue weighted by molar-refractivity contribution is 6.60. The quantitative estimate of drug-likeness (QED) is 0.543. The summed E-state index contributed by atoms with van der Waals surface area (Å²) in [5.74, 6) is 0.420. The van der Waals surface area contributed by atoms with Crippen LogP contribution < -0.4 is 5.32 Å². The van der Waals surface area contributed by atoms with Crippen molar-refractivity contribution in [1.29, 1.82) is 0 Å². The molecule has 0 aliphatic carbocycles. The Bertz CT molecular complexity index is 177. The molecule has 0 aromatic carbocycles. The molecule has 0 aliphatic heterocycles. The minimum absolute atomic E-state index is 0.00466. The first-order chi connectivity index (χ1) is 8.14. The summed E-state index contributed by atoms with van der Waals surface area (Å²) >= 11 is 0. The van der Waals surface area contributed by atoms with Gasteiger partial charge in [-0.05, 0) is 33.4 Å².